The summed E-state index contributed by atoms with van der Waals surface area (Å²) >= 11 is 0. The lowest BCUT2D eigenvalue weighted by atomic mass is 10.0. The van der Waals surface area contributed by atoms with Gasteiger partial charge in [-0.15, -0.1) is 0 Å². The van der Waals surface area contributed by atoms with E-state index >= 15 is 0 Å². The Morgan fingerprint density at radius 2 is 1.27 bits per heavy atom. The van der Waals surface area contributed by atoms with Crippen LogP contribution in [0.1, 0.15) is 49.1 Å². The fourth-order valence-corrected chi connectivity index (χ4v) is 7.26. The number of fused-ring (bicyclic) bond motifs is 2. The minimum atomic E-state index is -4.03. The molecule has 1 aliphatic heterocycles. The predicted octanol–water partition coefficient (Wildman–Crippen LogP) is 5.87. The van der Waals surface area contributed by atoms with Crippen LogP contribution in [0, 0.1) is 0 Å². The molecule has 1 amide bonds. The van der Waals surface area contributed by atoms with Gasteiger partial charge in [0.2, 0.25) is 9.84 Å². The van der Waals surface area contributed by atoms with Gasteiger partial charge < -0.3 is 14.7 Å². The first-order chi connectivity index (χ1) is 21.8. The summed E-state index contributed by atoms with van der Waals surface area (Å²) in [6.45, 7) is 0.0373. The number of aliphatic hydroxyl groups is 1. The molecule has 1 atom stereocenters. The minimum Gasteiger partial charge on any atom is -0.389 e. The van der Waals surface area contributed by atoms with Crippen molar-refractivity contribution in [1.29, 1.82) is 0 Å². The molecule has 6 rings (SSSR count). The molecule has 5 aromatic rings. The molecule has 0 saturated heterocycles. The molecule has 5 aromatic carbocycles. The van der Waals surface area contributed by atoms with Crippen LogP contribution in [0.4, 0.5) is 0 Å². The standard InChI is InChI=1S/C37H31NO6S/c39-30(25-44-36(27-14-6-2-7-15-27)28-16-8-3-9-17-28)24-38(23-26-12-4-1-5-13-26)37(41)29-20-21-32-34(22-29)45(42,43)33-19-11-10-18-31(33)35(32)40/h1-22,30,36,39H,23-25H2. The Labute approximate surface area is 262 Å². The summed E-state index contributed by atoms with van der Waals surface area (Å²) in [4.78, 5) is 28.3. The van der Waals surface area contributed by atoms with Gasteiger partial charge in [0.15, 0.2) is 5.78 Å². The fraction of sp³-hybridized carbons (Fsp3) is 0.135. The van der Waals surface area contributed by atoms with Crippen LogP contribution >= 0.6 is 0 Å². The number of sulfone groups is 1. The molecule has 7 nitrogen and oxygen atoms in total. The van der Waals surface area contributed by atoms with Gasteiger partial charge in [0, 0.05) is 29.8 Å². The number of nitrogens with zero attached hydrogens (tertiary/aromatic N) is 1. The smallest absolute Gasteiger partial charge is 0.254 e. The number of carbonyl (C=O) groups is 2. The van der Waals surface area contributed by atoms with E-state index in [1.165, 1.54) is 35.2 Å². The van der Waals surface area contributed by atoms with Crippen LogP contribution in [0.25, 0.3) is 0 Å². The largest absolute Gasteiger partial charge is 0.389 e. The van der Waals surface area contributed by atoms with Crippen LogP contribution in [-0.4, -0.2) is 49.4 Å². The Kier molecular flexibility index (Phi) is 8.71. The summed E-state index contributed by atoms with van der Waals surface area (Å²) in [6, 6.07) is 38.9. The molecular formula is C37H31NO6S. The molecule has 0 fully saturated rings. The first-order valence-electron chi connectivity index (χ1n) is 14.6. The second kappa shape index (κ2) is 13.0. The Hall–Kier alpha value is -4.89. The molecule has 0 spiro atoms. The number of aliphatic hydroxyl groups excluding tert-OH is 1. The van der Waals surface area contributed by atoms with Gasteiger partial charge in [0.1, 0.15) is 6.10 Å². The van der Waals surface area contributed by atoms with Crippen molar-refractivity contribution in [2.75, 3.05) is 13.2 Å². The van der Waals surface area contributed by atoms with Gasteiger partial charge >= 0.3 is 0 Å². The summed E-state index contributed by atoms with van der Waals surface area (Å²) in [6.07, 6.45) is -1.48. The number of amides is 1. The van der Waals surface area contributed by atoms with E-state index in [1.807, 2.05) is 91.0 Å². The lowest BCUT2D eigenvalue weighted by Crippen LogP contribution is -2.39. The van der Waals surface area contributed by atoms with Gasteiger partial charge in [-0.25, -0.2) is 8.42 Å². The SMILES string of the molecule is O=C1c2ccccc2S(=O)(=O)c2cc(C(=O)N(Cc3ccccc3)CC(O)COC(c3ccccc3)c3ccccc3)ccc21. The van der Waals surface area contributed by atoms with Crippen molar-refractivity contribution in [3.05, 3.63) is 167 Å². The van der Waals surface area contributed by atoms with E-state index in [1.54, 1.807) is 12.1 Å². The summed E-state index contributed by atoms with van der Waals surface area (Å²) in [5.41, 5.74) is 2.93. The van der Waals surface area contributed by atoms with Crippen molar-refractivity contribution >= 4 is 21.5 Å². The molecule has 1 unspecified atom stereocenters. The fourth-order valence-electron chi connectivity index (χ4n) is 5.58. The third-order valence-electron chi connectivity index (χ3n) is 7.78. The number of ether oxygens (including phenoxy) is 1. The molecule has 8 heteroatoms. The Morgan fingerprint density at radius 3 is 1.91 bits per heavy atom. The molecule has 45 heavy (non-hydrogen) atoms. The van der Waals surface area contributed by atoms with Gasteiger partial charge in [0.05, 0.1) is 22.5 Å². The van der Waals surface area contributed by atoms with Crippen LogP contribution in [-0.2, 0) is 21.1 Å². The molecule has 0 saturated carbocycles. The van der Waals surface area contributed by atoms with E-state index in [0.29, 0.717) is 0 Å². The van der Waals surface area contributed by atoms with Gasteiger partial charge in [-0.2, -0.15) is 0 Å². The maximum Gasteiger partial charge on any atom is 0.254 e. The zero-order valence-electron chi connectivity index (χ0n) is 24.3. The number of hydrogen-bond acceptors (Lipinski definition) is 6. The van der Waals surface area contributed by atoms with Gasteiger partial charge in [-0.3, -0.25) is 9.59 Å². The molecule has 1 heterocycles. The quantitative estimate of drug-likeness (QED) is 0.206. The van der Waals surface area contributed by atoms with E-state index in [2.05, 4.69) is 0 Å². The summed E-state index contributed by atoms with van der Waals surface area (Å²) < 4.78 is 33.3. The van der Waals surface area contributed by atoms with Gasteiger partial charge in [-0.1, -0.05) is 103 Å². The van der Waals surface area contributed by atoms with Crippen LogP contribution in [0.3, 0.4) is 0 Å². The Bertz CT molecular complexity index is 1890. The van der Waals surface area contributed by atoms with E-state index in [4.69, 9.17) is 4.74 Å². The average molecular weight is 618 g/mol. The average Bonchev–Trinajstić information content (AvgIpc) is 3.08. The first-order valence-corrected chi connectivity index (χ1v) is 16.1. The van der Waals surface area contributed by atoms with E-state index in [-0.39, 0.29) is 46.2 Å². The topological polar surface area (TPSA) is 101 Å². The van der Waals surface area contributed by atoms with Crippen LogP contribution in [0.15, 0.2) is 143 Å². The molecule has 0 aromatic heterocycles. The summed E-state index contributed by atoms with van der Waals surface area (Å²) in [7, 11) is -4.03. The third kappa shape index (κ3) is 6.35. The van der Waals surface area contributed by atoms with E-state index in [9.17, 15) is 23.1 Å². The van der Waals surface area contributed by atoms with E-state index < -0.39 is 33.7 Å². The van der Waals surface area contributed by atoms with Gasteiger partial charge in [0.25, 0.3) is 5.91 Å². The zero-order valence-corrected chi connectivity index (χ0v) is 25.1. The van der Waals surface area contributed by atoms with Crippen LogP contribution in [0.5, 0.6) is 0 Å². The number of ketones is 1. The third-order valence-corrected chi connectivity index (χ3v) is 9.63. The van der Waals surface area contributed by atoms with Crippen LogP contribution in [0.2, 0.25) is 0 Å². The Morgan fingerprint density at radius 1 is 0.711 bits per heavy atom. The number of hydrogen-bond donors (Lipinski definition) is 1. The highest BCUT2D eigenvalue weighted by Crippen LogP contribution is 2.35. The summed E-state index contributed by atoms with van der Waals surface area (Å²) in [5, 5.41) is 11.2. The molecule has 0 aliphatic carbocycles. The van der Waals surface area contributed by atoms with Crippen LogP contribution < -0.4 is 0 Å². The molecule has 226 valence electrons. The summed E-state index contributed by atoms with van der Waals surface area (Å²) in [5.74, 6) is -0.889. The highest BCUT2D eigenvalue weighted by molar-refractivity contribution is 7.91. The van der Waals surface area contributed by atoms with Crippen molar-refractivity contribution in [3.8, 4) is 0 Å². The molecule has 0 radical (unpaired) electrons. The highest BCUT2D eigenvalue weighted by atomic mass is 32.2. The van der Waals surface area contributed by atoms with E-state index in [0.717, 1.165) is 16.7 Å². The first kappa shape index (κ1) is 30.1. The van der Waals surface area contributed by atoms with Crippen molar-refractivity contribution in [1.82, 2.24) is 4.90 Å². The zero-order chi connectivity index (χ0) is 31.4. The second-order valence-electron chi connectivity index (χ2n) is 10.9. The monoisotopic (exact) mass is 617 g/mol. The van der Waals surface area contributed by atoms with Gasteiger partial charge in [-0.05, 0) is 47.0 Å². The predicted molar refractivity (Wildman–Crippen MR) is 170 cm³/mol. The number of carbonyl (C=O) groups excluding carboxylic acids is 2. The maximum atomic E-state index is 14.0. The molecule has 0 bridgehead atoms. The minimum absolute atomic E-state index is 0.0289. The van der Waals surface area contributed by atoms with Crippen molar-refractivity contribution in [2.24, 2.45) is 0 Å². The molecular weight excluding hydrogens is 586 g/mol. The van der Waals surface area contributed by atoms with Crippen molar-refractivity contribution in [2.45, 2.75) is 28.5 Å². The molecule has 1 aliphatic rings. The lowest BCUT2D eigenvalue weighted by Gasteiger charge is -2.27. The lowest BCUT2D eigenvalue weighted by molar-refractivity contribution is -0.00774. The molecule has 1 N–H and O–H groups in total. The van der Waals surface area contributed by atoms with Crippen molar-refractivity contribution < 1.29 is 27.9 Å². The normalized spacial score (nSPS) is 14.0. The Balaban J connectivity index is 1.26. The maximum absolute atomic E-state index is 14.0. The highest BCUT2D eigenvalue weighted by Gasteiger charge is 2.35. The number of benzene rings is 5. The second-order valence-corrected chi connectivity index (χ2v) is 12.8. The number of rotatable bonds is 10. The van der Waals surface area contributed by atoms with Crippen molar-refractivity contribution in [3.63, 3.8) is 0 Å².